The molecule has 1 N–H and O–H groups in total. The number of halogens is 1. The number of hydrogen-bond acceptors (Lipinski definition) is 2. The van der Waals surface area contributed by atoms with E-state index in [1.54, 1.807) is 12.1 Å². The second-order valence-electron chi connectivity index (χ2n) is 4.23. The Morgan fingerprint density at radius 1 is 1.14 bits per heavy atom. The molecular formula is C17H14ClNO2. The molecule has 3 nitrogen and oxygen atoms in total. The summed E-state index contributed by atoms with van der Waals surface area (Å²) in [4.78, 5) is 11.5. The van der Waals surface area contributed by atoms with E-state index in [4.69, 9.17) is 16.3 Å². The lowest BCUT2D eigenvalue weighted by atomic mass is 10.2. The highest BCUT2D eigenvalue weighted by Crippen LogP contribution is 2.09. The van der Waals surface area contributed by atoms with Crippen molar-refractivity contribution in [3.63, 3.8) is 0 Å². The second kappa shape index (κ2) is 7.98. The zero-order valence-electron chi connectivity index (χ0n) is 11.3. The van der Waals surface area contributed by atoms with Gasteiger partial charge in [0.25, 0.3) is 0 Å². The number of alkyl carbamates (subject to hydrolysis) is 1. The number of carbonyl (C=O) groups excluding carboxylic acids is 1. The summed E-state index contributed by atoms with van der Waals surface area (Å²) < 4.78 is 5.06. The highest BCUT2D eigenvalue weighted by Gasteiger charge is 2.00. The van der Waals surface area contributed by atoms with Gasteiger partial charge in [0.05, 0.1) is 6.54 Å². The van der Waals surface area contributed by atoms with Crippen molar-refractivity contribution in [2.24, 2.45) is 0 Å². The lowest BCUT2D eigenvalue weighted by molar-refractivity contribution is 0.141. The van der Waals surface area contributed by atoms with Crippen LogP contribution in [0.5, 0.6) is 0 Å². The molecule has 0 aromatic heterocycles. The fourth-order valence-corrected chi connectivity index (χ4v) is 1.79. The first-order valence-electron chi connectivity index (χ1n) is 6.43. The van der Waals surface area contributed by atoms with Crippen LogP contribution in [-0.4, -0.2) is 12.6 Å². The molecule has 0 radical (unpaired) electrons. The summed E-state index contributed by atoms with van der Waals surface area (Å²) in [6.45, 7) is 0.467. The molecule has 0 saturated carbocycles. The Balaban J connectivity index is 1.72. The molecular weight excluding hydrogens is 286 g/mol. The largest absolute Gasteiger partial charge is 0.445 e. The fraction of sp³-hybridized carbons (Fsp3) is 0.118. The van der Waals surface area contributed by atoms with Crippen LogP contribution in [-0.2, 0) is 11.3 Å². The first kappa shape index (κ1) is 15.0. The maximum Gasteiger partial charge on any atom is 0.408 e. The number of hydrogen-bond donors (Lipinski definition) is 1. The molecule has 0 aliphatic carbocycles. The molecule has 0 fully saturated rings. The van der Waals surface area contributed by atoms with Crippen molar-refractivity contribution in [1.82, 2.24) is 5.32 Å². The zero-order valence-corrected chi connectivity index (χ0v) is 12.1. The van der Waals surface area contributed by atoms with E-state index < -0.39 is 6.09 Å². The van der Waals surface area contributed by atoms with E-state index in [1.165, 1.54) is 0 Å². The lowest BCUT2D eigenvalue weighted by Crippen LogP contribution is -2.24. The van der Waals surface area contributed by atoms with Crippen LogP contribution in [0.1, 0.15) is 11.1 Å². The van der Waals surface area contributed by atoms with Crippen LogP contribution >= 0.6 is 11.6 Å². The van der Waals surface area contributed by atoms with Crippen LogP contribution in [0.4, 0.5) is 4.79 Å². The number of rotatable bonds is 3. The summed E-state index contributed by atoms with van der Waals surface area (Å²) in [5, 5.41) is 3.21. The molecule has 0 bridgehead atoms. The Hall–Kier alpha value is -2.44. The highest BCUT2D eigenvalue weighted by atomic mass is 35.5. The topological polar surface area (TPSA) is 38.3 Å². The molecule has 4 heteroatoms. The van der Waals surface area contributed by atoms with Crippen molar-refractivity contribution in [3.8, 4) is 11.8 Å². The van der Waals surface area contributed by atoms with Gasteiger partial charge >= 0.3 is 6.09 Å². The Kier molecular flexibility index (Phi) is 5.69. The molecule has 0 spiro atoms. The van der Waals surface area contributed by atoms with Crippen molar-refractivity contribution < 1.29 is 9.53 Å². The maximum absolute atomic E-state index is 11.5. The van der Waals surface area contributed by atoms with E-state index in [2.05, 4.69) is 17.2 Å². The van der Waals surface area contributed by atoms with Gasteiger partial charge in [0.1, 0.15) is 6.61 Å². The molecule has 0 atom stereocenters. The predicted molar refractivity (Wildman–Crippen MR) is 83.0 cm³/mol. The predicted octanol–water partition coefficient (Wildman–Crippen LogP) is 3.62. The third kappa shape index (κ3) is 5.60. The standard InChI is InChI=1S/C17H14ClNO2/c18-16-10-4-8-14(12-16)9-5-11-19-17(20)21-13-15-6-2-1-3-7-15/h1-4,6-8,10,12H,11,13H2,(H,19,20). The monoisotopic (exact) mass is 299 g/mol. The minimum absolute atomic E-state index is 0.222. The zero-order chi connectivity index (χ0) is 14.9. The minimum Gasteiger partial charge on any atom is -0.445 e. The quantitative estimate of drug-likeness (QED) is 0.879. The molecule has 21 heavy (non-hydrogen) atoms. The average molecular weight is 300 g/mol. The van der Waals surface area contributed by atoms with Crippen LogP contribution < -0.4 is 5.32 Å². The van der Waals surface area contributed by atoms with E-state index in [0.29, 0.717) is 5.02 Å². The van der Waals surface area contributed by atoms with Gasteiger partial charge in [0, 0.05) is 10.6 Å². The molecule has 2 aromatic rings. The molecule has 0 saturated heterocycles. The lowest BCUT2D eigenvalue weighted by Gasteiger charge is -2.04. The van der Waals surface area contributed by atoms with Gasteiger partial charge in [0.2, 0.25) is 0 Å². The Morgan fingerprint density at radius 2 is 1.95 bits per heavy atom. The van der Waals surface area contributed by atoms with Crippen LogP contribution in [0.15, 0.2) is 54.6 Å². The summed E-state index contributed by atoms with van der Waals surface area (Å²) in [7, 11) is 0. The van der Waals surface area contributed by atoms with E-state index in [9.17, 15) is 4.79 Å². The summed E-state index contributed by atoms with van der Waals surface area (Å²) in [5.74, 6) is 5.75. The van der Waals surface area contributed by atoms with E-state index in [1.807, 2.05) is 42.5 Å². The summed E-state index contributed by atoms with van der Waals surface area (Å²) >= 11 is 5.85. The first-order chi connectivity index (χ1) is 10.2. The number of benzene rings is 2. The Labute approximate surface area is 128 Å². The molecule has 2 aromatic carbocycles. The van der Waals surface area contributed by atoms with Crippen molar-refractivity contribution >= 4 is 17.7 Å². The molecule has 0 aliphatic heterocycles. The second-order valence-corrected chi connectivity index (χ2v) is 4.66. The van der Waals surface area contributed by atoms with Crippen LogP contribution in [0.3, 0.4) is 0 Å². The van der Waals surface area contributed by atoms with Gasteiger partial charge in [-0.15, -0.1) is 0 Å². The van der Waals surface area contributed by atoms with Gasteiger partial charge in [-0.25, -0.2) is 4.79 Å². The molecule has 0 heterocycles. The number of ether oxygens (including phenoxy) is 1. The van der Waals surface area contributed by atoms with E-state index in [0.717, 1.165) is 11.1 Å². The molecule has 0 unspecified atom stereocenters. The molecule has 2 rings (SSSR count). The number of nitrogens with one attached hydrogen (secondary N) is 1. The van der Waals surface area contributed by atoms with Gasteiger partial charge in [-0.05, 0) is 23.8 Å². The summed E-state index contributed by atoms with van der Waals surface area (Å²) in [5.41, 5.74) is 1.75. The van der Waals surface area contributed by atoms with Gasteiger partial charge in [-0.3, -0.25) is 0 Å². The number of amides is 1. The van der Waals surface area contributed by atoms with Crippen LogP contribution in [0, 0.1) is 11.8 Å². The SMILES string of the molecule is O=C(NCC#Cc1cccc(Cl)c1)OCc1ccccc1. The molecule has 106 valence electrons. The van der Waals surface area contributed by atoms with Gasteiger partial charge < -0.3 is 10.1 Å². The van der Waals surface area contributed by atoms with Gasteiger partial charge in [-0.2, -0.15) is 0 Å². The maximum atomic E-state index is 11.5. The fourth-order valence-electron chi connectivity index (χ4n) is 1.60. The molecule has 0 aliphatic rings. The number of carbonyl (C=O) groups is 1. The van der Waals surface area contributed by atoms with Crippen LogP contribution in [0.2, 0.25) is 5.02 Å². The van der Waals surface area contributed by atoms with Gasteiger partial charge in [0.15, 0.2) is 0 Å². The van der Waals surface area contributed by atoms with E-state index in [-0.39, 0.29) is 13.2 Å². The van der Waals surface area contributed by atoms with Crippen molar-refractivity contribution in [2.75, 3.05) is 6.54 Å². The summed E-state index contributed by atoms with van der Waals surface area (Å²) in [6.07, 6.45) is -0.487. The highest BCUT2D eigenvalue weighted by molar-refractivity contribution is 6.30. The van der Waals surface area contributed by atoms with Gasteiger partial charge in [-0.1, -0.05) is 59.8 Å². The third-order valence-corrected chi connectivity index (χ3v) is 2.83. The van der Waals surface area contributed by atoms with Crippen molar-refractivity contribution in [3.05, 3.63) is 70.7 Å². The van der Waals surface area contributed by atoms with Crippen LogP contribution in [0.25, 0.3) is 0 Å². The normalized spacial score (nSPS) is 9.38. The average Bonchev–Trinajstić information content (AvgIpc) is 2.51. The Bertz CT molecular complexity index is 659. The van der Waals surface area contributed by atoms with Crippen molar-refractivity contribution in [2.45, 2.75) is 6.61 Å². The summed E-state index contributed by atoms with van der Waals surface area (Å²) in [6, 6.07) is 16.7. The first-order valence-corrected chi connectivity index (χ1v) is 6.81. The Morgan fingerprint density at radius 3 is 2.71 bits per heavy atom. The minimum atomic E-state index is -0.487. The third-order valence-electron chi connectivity index (χ3n) is 2.59. The molecule has 1 amide bonds. The smallest absolute Gasteiger partial charge is 0.408 e. The van der Waals surface area contributed by atoms with Crippen molar-refractivity contribution in [1.29, 1.82) is 0 Å². The van der Waals surface area contributed by atoms with E-state index >= 15 is 0 Å².